The molecule has 140 valence electrons. The van der Waals surface area contributed by atoms with E-state index in [4.69, 9.17) is 9.47 Å². The molecule has 0 saturated carbocycles. The molecule has 0 radical (unpaired) electrons. The Hall–Kier alpha value is -2.24. The van der Waals surface area contributed by atoms with Crippen molar-refractivity contribution in [3.8, 4) is 5.75 Å². The molecule has 6 nitrogen and oxygen atoms in total. The number of carbonyl (C=O) groups excluding carboxylic acids is 2. The summed E-state index contributed by atoms with van der Waals surface area (Å²) >= 11 is 0. The molecule has 0 aliphatic carbocycles. The van der Waals surface area contributed by atoms with Gasteiger partial charge in [0.05, 0.1) is 12.5 Å². The number of ether oxygens (including phenoxy) is 2. The summed E-state index contributed by atoms with van der Waals surface area (Å²) in [6, 6.07) is 6.42. The van der Waals surface area contributed by atoms with Crippen LogP contribution in [0, 0.1) is 5.41 Å². The molecule has 0 unspecified atom stereocenters. The Kier molecular flexibility index (Phi) is 6.85. The number of alkyl carbamates (subject to hydrolysis) is 1. The molecule has 25 heavy (non-hydrogen) atoms. The smallest absolute Gasteiger partial charge is 0.407 e. The van der Waals surface area contributed by atoms with Crippen LogP contribution in [-0.2, 0) is 20.7 Å². The number of carbonyl (C=O) groups is 2. The molecule has 1 aromatic rings. The fraction of sp³-hybridized carbons (Fsp3) is 0.579. The number of esters is 1. The zero-order chi connectivity index (χ0) is 19.3. The highest BCUT2D eigenvalue weighted by Gasteiger charge is 2.33. The highest BCUT2D eigenvalue weighted by molar-refractivity contribution is 5.76. The van der Waals surface area contributed by atoms with Crippen molar-refractivity contribution in [1.29, 1.82) is 0 Å². The van der Waals surface area contributed by atoms with Gasteiger partial charge in [-0.3, -0.25) is 4.79 Å². The number of phenolic OH excluding ortho intramolecular Hbond substituents is 1. The van der Waals surface area contributed by atoms with Crippen LogP contribution in [0.3, 0.4) is 0 Å². The predicted octanol–water partition coefficient (Wildman–Crippen LogP) is 3.42. The van der Waals surface area contributed by atoms with E-state index in [1.165, 1.54) is 7.11 Å². The third-order valence-corrected chi connectivity index (χ3v) is 3.63. The lowest BCUT2D eigenvalue weighted by Gasteiger charge is -2.29. The molecule has 0 bridgehead atoms. The number of hydrogen-bond acceptors (Lipinski definition) is 5. The third-order valence-electron chi connectivity index (χ3n) is 3.63. The van der Waals surface area contributed by atoms with Crippen molar-refractivity contribution >= 4 is 12.1 Å². The van der Waals surface area contributed by atoms with Gasteiger partial charge in [0.2, 0.25) is 0 Å². The van der Waals surface area contributed by atoms with E-state index < -0.39 is 17.1 Å². The van der Waals surface area contributed by atoms with Gasteiger partial charge in [0.15, 0.2) is 0 Å². The highest BCUT2D eigenvalue weighted by Crippen LogP contribution is 2.26. The van der Waals surface area contributed by atoms with Crippen molar-refractivity contribution in [1.82, 2.24) is 5.32 Å². The minimum atomic E-state index is -0.759. The van der Waals surface area contributed by atoms with Gasteiger partial charge in [-0.2, -0.15) is 0 Å². The quantitative estimate of drug-likeness (QED) is 0.767. The molecule has 1 atom stereocenters. The summed E-state index contributed by atoms with van der Waals surface area (Å²) in [6.07, 6.45) is 0.358. The van der Waals surface area contributed by atoms with Gasteiger partial charge in [0.1, 0.15) is 11.4 Å². The van der Waals surface area contributed by atoms with Crippen LogP contribution in [-0.4, -0.2) is 35.9 Å². The van der Waals surface area contributed by atoms with Gasteiger partial charge in [-0.05, 0) is 65.2 Å². The molecule has 0 aliphatic heterocycles. The minimum absolute atomic E-state index is 0.176. The lowest BCUT2D eigenvalue weighted by Crippen LogP contribution is -2.44. The SMILES string of the molecule is COC(=O)C(C)(C)C[C@H](Cc1ccc(O)cc1)NC(=O)OC(C)(C)C. The van der Waals surface area contributed by atoms with E-state index in [1.807, 2.05) is 0 Å². The van der Waals surface area contributed by atoms with Gasteiger partial charge in [0.25, 0.3) is 0 Å². The fourth-order valence-corrected chi connectivity index (χ4v) is 2.54. The van der Waals surface area contributed by atoms with Gasteiger partial charge < -0.3 is 19.9 Å². The van der Waals surface area contributed by atoms with E-state index >= 15 is 0 Å². The molecular weight excluding hydrogens is 322 g/mol. The Bertz CT molecular complexity index is 587. The van der Waals surface area contributed by atoms with Crippen LogP contribution in [0.1, 0.15) is 46.6 Å². The van der Waals surface area contributed by atoms with Gasteiger partial charge in [-0.25, -0.2) is 4.79 Å². The molecule has 6 heteroatoms. The van der Waals surface area contributed by atoms with Gasteiger partial charge in [-0.1, -0.05) is 12.1 Å². The molecule has 0 spiro atoms. The number of amides is 1. The lowest BCUT2D eigenvalue weighted by molar-refractivity contribution is -0.151. The zero-order valence-corrected chi connectivity index (χ0v) is 15.9. The monoisotopic (exact) mass is 351 g/mol. The van der Waals surface area contributed by atoms with Crippen LogP contribution < -0.4 is 5.32 Å². The van der Waals surface area contributed by atoms with E-state index in [9.17, 15) is 14.7 Å². The second kappa shape index (κ2) is 8.23. The first kappa shape index (κ1) is 20.8. The van der Waals surface area contributed by atoms with Crippen LogP contribution in [0.2, 0.25) is 0 Å². The largest absolute Gasteiger partial charge is 0.508 e. The maximum absolute atomic E-state index is 12.1. The Balaban J connectivity index is 2.91. The number of nitrogens with one attached hydrogen (secondary N) is 1. The number of benzene rings is 1. The number of rotatable bonds is 6. The second-order valence-corrected chi connectivity index (χ2v) is 7.79. The third kappa shape index (κ3) is 7.45. The van der Waals surface area contributed by atoms with E-state index in [2.05, 4.69) is 5.32 Å². The molecule has 0 fully saturated rings. The van der Waals surface area contributed by atoms with Crippen molar-refractivity contribution in [3.05, 3.63) is 29.8 Å². The fourth-order valence-electron chi connectivity index (χ4n) is 2.54. The second-order valence-electron chi connectivity index (χ2n) is 7.79. The Morgan fingerprint density at radius 3 is 2.16 bits per heavy atom. The Labute approximate surface area is 149 Å². The first-order chi connectivity index (χ1) is 11.4. The number of phenols is 1. The Morgan fingerprint density at radius 1 is 1.12 bits per heavy atom. The van der Waals surface area contributed by atoms with Gasteiger partial charge >= 0.3 is 12.1 Å². The van der Waals surface area contributed by atoms with Crippen molar-refractivity contribution < 1.29 is 24.2 Å². The molecule has 0 aliphatic rings. The molecule has 0 heterocycles. The van der Waals surface area contributed by atoms with E-state index in [-0.39, 0.29) is 17.8 Å². The minimum Gasteiger partial charge on any atom is -0.508 e. The normalized spacial score (nSPS) is 13.0. The Morgan fingerprint density at radius 2 is 1.68 bits per heavy atom. The first-order valence-electron chi connectivity index (χ1n) is 8.29. The van der Waals surface area contributed by atoms with Crippen LogP contribution >= 0.6 is 0 Å². The molecule has 1 rings (SSSR count). The summed E-state index contributed by atoms with van der Waals surface area (Å²) in [6.45, 7) is 8.93. The number of hydrogen-bond donors (Lipinski definition) is 2. The van der Waals surface area contributed by atoms with Crippen molar-refractivity contribution in [2.45, 2.75) is 59.1 Å². The average molecular weight is 351 g/mol. The van der Waals surface area contributed by atoms with Gasteiger partial charge in [-0.15, -0.1) is 0 Å². The van der Waals surface area contributed by atoms with Crippen molar-refractivity contribution in [2.75, 3.05) is 7.11 Å². The molecule has 0 saturated heterocycles. The topological polar surface area (TPSA) is 84.9 Å². The van der Waals surface area contributed by atoms with Crippen LogP contribution in [0.15, 0.2) is 24.3 Å². The lowest BCUT2D eigenvalue weighted by atomic mass is 9.84. The predicted molar refractivity (Wildman–Crippen MR) is 95.4 cm³/mol. The van der Waals surface area contributed by atoms with Gasteiger partial charge in [0, 0.05) is 6.04 Å². The molecule has 1 aromatic carbocycles. The summed E-state index contributed by atoms with van der Waals surface area (Å²) in [7, 11) is 1.35. The summed E-state index contributed by atoms with van der Waals surface area (Å²) in [5.41, 5.74) is -0.435. The molecule has 2 N–H and O–H groups in total. The highest BCUT2D eigenvalue weighted by atomic mass is 16.6. The van der Waals surface area contributed by atoms with E-state index in [1.54, 1.807) is 58.9 Å². The summed E-state index contributed by atoms with van der Waals surface area (Å²) in [5.74, 6) is -0.163. The van der Waals surface area contributed by atoms with E-state index in [0.29, 0.717) is 12.8 Å². The van der Waals surface area contributed by atoms with Crippen LogP contribution in [0.25, 0.3) is 0 Å². The maximum atomic E-state index is 12.1. The van der Waals surface area contributed by atoms with Crippen molar-refractivity contribution in [2.24, 2.45) is 5.41 Å². The molecular formula is C19H29NO5. The summed E-state index contributed by atoms with van der Waals surface area (Å²) < 4.78 is 10.2. The first-order valence-corrected chi connectivity index (χ1v) is 8.29. The molecule has 1 amide bonds. The average Bonchev–Trinajstić information content (AvgIpc) is 2.46. The maximum Gasteiger partial charge on any atom is 0.407 e. The number of aromatic hydroxyl groups is 1. The standard InChI is InChI=1S/C19H29NO5/c1-18(2,3)25-17(23)20-14(12-19(4,5)16(22)24-6)11-13-7-9-15(21)10-8-13/h7-10,14,21H,11-12H2,1-6H3,(H,20,23)/t14-/m0/s1. The van der Waals surface area contributed by atoms with Crippen LogP contribution in [0.5, 0.6) is 5.75 Å². The number of methoxy groups -OCH3 is 1. The van der Waals surface area contributed by atoms with Crippen LogP contribution in [0.4, 0.5) is 4.79 Å². The summed E-state index contributed by atoms with van der Waals surface area (Å²) in [5, 5.41) is 12.2. The van der Waals surface area contributed by atoms with E-state index in [0.717, 1.165) is 5.56 Å². The zero-order valence-electron chi connectivity index (χ0n) is 15.9. The molecule has 0 aromatic heterocycles. The summed E-state index contributed by atoms with van der Waals surface area (Å²) in [4.78, 5) is 24.1. The van der Waals surface area contributed by atoms with Crippen molar-refractivity contribution in [3.63, 3.8) is 0 Å².